The Morgan fingerprint density at radius 2 is 1.71 bits per heavy atom. The number of amides is 2. The number of ether oxygens (including phenoxy) is 2. The van der Waals surface area contributed by atoms with E-state index in [0.717, 1.165) is 0 Å². The van der Waals surface area contributed by atoms with E-state index >= 15 is 0 Å². The van der Waals surface area contributed by atoms with Crippen LogP contribution in [-0.4, -0.2) is 43.2 Å². The molecule has 0 radical (unpaired) electrons. The van der Waals surface area contributed by atoms with E-state index in [1.165, 1.54) is 26.4 Å². The first-order valence-electron chi connectivity index (χ1n) is 5.92. The summed E-state index contributed by atoms with van der Waals surface area (Å²) in [6.07, 6.45) is -0.498. The third-order valence-electron chi connectivity index (χ3n) is 2.62. The summed E-state index contributed by atoms with van der Waals surface area (Å²) in [7, 11) is 2.84. The van der Waals surface area contributed by atoms with Gasteiger partial charge < -0.3 is 25.6 Å². The molecule has 0 saturated heterocycles. The molecule has 4 N–H and O–H groups in total. The Hall–Kier alpha value is -2.77. The number of methoxy groups -OCH3 is 2. The maximum atomic E-state index is 12.0. The average Bonchev–Trinajstić information content (AvgIpc) is 2.45. The first-order chi connectivity index (χ1) is 9.87. The fourth-order valence-corrected chi connectivity index (χ4v) is 1.58. The van der Waals surface area contributed by atoms with E-state index in [-0.39, 0.29) is 5.56 Å². The molecule has 1 rings (SSSR count). The quantitative estimate of drug-likeness (QED) is 0.637. The Kier molecular flexibility index (Phi) is 5.53. The molecule has 0 aliphatic carbocycles. The lowest BCUT2D eigenvalue weighted by molar-refractivity contribution is -0.140. The van der Waals surface area contributed by atoms with Crippen LogP contribution in [0.5, 0.6) is 11.5 Å². The Morgan fingerprint density at radius 1 is 1.19 bits per heavy atom. The van der Waals surface area contributed by atoms with Crippen molar-refractivity contribution in [3.05, 3.63) is 23.8 Å². The average molecular weight is 296 g/mol. The zero-order valence-electron chi connectivity index (χ0n) is 11.6. The highest BCUT2D eigenvalue weighted by atomic mass is 16.5. The molecule has 0 spiro atoms. The molecule has 1 aromatic carbocycles. The summed E-state index contributed by atoms with van der Waals surface area (Å²) in [5.74, 6) is -2.11. The number of primary amides is 1. The molecule has 0 aliphatic rings. The van der Waals surface area contributed by atoms with Crippen molar-refractivity contribution >= 4 is 17.8 Å². The predicted octanol–water partition coefficient (Wildman–Crippen LogP) is -0.238. The number of carboxylic acid groups (broad SMARTS) is 1. The summed E-state index contributed by atoms with van der Waals surface area (Å²) in [5, 5.41) is 11.2. The van der Waals surface area contributed by atoms with E-state index in [4.69, 9.17) is 20.3 Å². The summed E-state index contributed by atoms with van der Waals surface area (Å²) in [5.41, 5.74) is 5.08. The van der Waals surface area contributed by atoms with E-state index < -0.39 is 30.2 Å². The first-order valence-corrected chi connectivity index (χ1v) is 5.92. The predicted molar refractivity (Wildman–Crippen MR) is 72.2 cm³/mol. The van der Waals surface area contributed by atoms with Crippen LogP contribution in [0.2, 0.25) is 0 Å². The van der Waals surface area contributed by atoms with Gasteiger partial charge in [0.05, 0.1) is 20.6 Å². The van der Waals surface area contributed by atoms with Crippen LogP contribution in [0.25, 0.3) is 0 Å². The number of carboxylic acids is 1. The second-order valence-corrected chi connectivity index (χ2v) is 4.14. The SMILES string of the molecule is COc1cc(OC)cc(C(=O)N[C@@H](CC(N)=O)C(=O)O)c1. The molecule has 21 heavy (non-hydrogen) atoms. The third-order valence-corrected chi connectivity index (χ3v) is 2.62. The Labute approximate surface area is 120 Å². The number of nitrogens with one attached hydrogen (secondary N) is 1. The van der Waals surface area contributed by atoms with Gasteiger partial charge in [0.2, 0.25) is 5.91 Å². The largest absolute Gasteiger partial charge is 0.497 e. The maximum Gasteiger partial charge on any atom is 0.326 e. The number of rotatable bonds is 7. The van der Waals surface area contributed by atoms with Crippen molar-refractivity contribution in [1.29, 1.82) is 0 Å². The standard InChI is InChI=1S/C13H16N2O6/c1-20-8-3-7(4-9(5-8)21-2)12(17)15-10(13(18)19)6-11(14)16/h3-5,10H,6H2,1-2H3,(H2,14,16)(H,15,17)(H,18,19)/t10-/m0/s1. The lowest BCUT2D eigenvalue weighted by Crippen LogP contribution is -2.43. The number of carbonyl (C=O) groups is 3. The highest BCUT2D eigenvalue weighted by Crippen LogP contribution is 2.22. The van der Waals surface area contributed by atoms with Gasteiger partial charge >= 0.3 is 5.97 Å². The Balaban J connectivity index is 2.96. The molecule has 0 aromatic heterocycles. The molecule has 0 saturated carbocycles. The molecule has 0 heterocycles. The summed E-state index contributed by atoms with van der Waals surface area (Å²) >= 11 is 0. The first kappa shape index (κ1) is 16.3. The van der Waals surface area contributed by atoms with Crippen LogP contribution in [0.4, 0.5) is 0 Å². The number of aliphatic carboxylic acids is 1. The zero-order valence-corrected chi connectivity index (χ0v) is 11.6. The van der Waals surface area contributed by atoms with Crippen LogP contribution >= 0.6 is 0 Å². The van der Waals surface area contributed by atoms with E-state index in [1.807, 2.05) is 0 Å². The van der Waals surface area contributed by atoms with Gasteiger partial charge in [-0.3, -0.25) is 9.59 Å². The van der Waals surface area contributed by atoms with Crippen LogP contribution < -0.4 is 20.5 Å². The molecular weight excluding hydrogens is 280 g/mol. The summed E-state index contributed by atoms with van der Waals surface area (Å²) in [6, 6.07) is 3.00. The van der Waals surface area contributed by atoms with Gasteiger partial charge in [-0.2, -0.15) is 0 Å². The van der Waals surface area contributed by atoms with Gasteiger partial charge in [0.1, 0.15) is 17.5 Å². The molecular formula is C13H16N2O6. The highest BCUT2D eigenvalue weighted by molar-refractivity contribution is 5.98. The van der Waals surface area contributed by atoms with Crippen molar-refractivity contribution in [3.8, 4) is 11.5 Å². The molecule has 1 aromatic rings. The van der Waals surface area contributed by atoms with Gasteiger partial charge in [0.15, 0.2) is 0 Å². The Morgan fingerprint density at radius 3 is 2.10 bits per heavy atom. The van der Waals surface area contributed by atoms with Crippen LogP contribution in [0.15, 0.2) is 18.2 Å². The van der Waals surface area contributed by atoms with Crippen molar-refractivity contribution in [3.63, 3.8) is 0 Å². The van der Waals surface area contributed by atoms with Gasteiger partial charge in [-0.25, -0.2) is 4.79 Å². The van der Waals surface area contributed by atoms with Gasteiger partial charge in [-0.15, -0.1) is 0 Å². The Bertz CT molecular complexity index is 535. The molecule has 0 bridgehead atoms. The molecule has 114 valence electrons. The fraction of sp³-hybridized carbons (Fsp3) is 0.308. The van der Waals surface area contributed by atoms with E-state index in [0.29, 0.717) is 11.5 Å². The van der Waals surface area contributed by atoms with Crippen molar-refractivity contribution in [2.24, 2.45) is 5.73 Å². The van der Waals surface area contributed by atoms with Crippen LogP contribution in [0.1, 0.15) is 16.8 Å². The van der Waals surface area contributed by atoms with Gasteiger partial charge in [0.25, 0.3) is 5.91 Å². The molecule has 0 unspecified atom stereocenters. The molecule has 1 atom stereocenters. The molecule has 0 fully saturated rings. The molecule has 8 nitrogen and oxygen atoms in total. The number of carbonyl (C=O) groups excluding carboxylic acids is 2. The van der Waals surface area contributed by atoms with E-state index in [2.05, 4.69) is 5.32 Å². The minimum Gasteiger partial charge on any atom is -0.497 e. The van der Waals surface area contributed by atoms with Crippen LogP contribution in [0, 0.1) is 0 Å². The van der Waals surface area contributed by atoms with Crippen molar-refractivity contribution in [1.82, 2.24) is 5.32 Å². The van der Waals surface area contributed by atoms with Crippen molar-refractivity contribution < 1.29 is 29.0 Å². The summed E-state index contributed by atoms with van der Waals surface area (Å²) < 4.78 is 10.0. The van der Waals surface area contributed by atoms with E-state index in [9.17, 15) is 14.4 Å². The van der Waals surface area contributed by atoms with E-state index in [1.54, 1.807) is 6.07 Å². The second kappa shape index (κ2) is 7.13. The van der Waals surface area contributed by atoms with Crippen LogP contribution in [0.3, 0.4) is 0 Å². The maximum absolute atomic E-state index is 12.0. The normalized spacial score (nSPS) is 11.3. The third kappa shape index (κ3) is 4.68. The number of hydrogen-bond acceptors (Lipinski definition) is 5. The van der Waals surface area contributed by atoms with Gasteiger partial charge in [0, 0.05) is 11.6 Å². The molecule has 0 aliphatic heterocycles. The number of nitrogens with two attached hydrogens (primary N) is 1. The van der Waals surface area contributed by atoms with Crippen LogP contribution in [-0.2, 0) is 9.59 Å². The summed E-state index contributed by atoms with van der Waals surface area (Å²) in [4.78, 5) is 33.8. The molecule has 8 heteroatoms. The molecule has 2 amide bonds. The van der Waals surface area contributed by atoms with Gasteiger partial charge in [-0.1, -0.05) is 0 Å². The number of benzene rings is 1. The topological polar surface area (TPSA) is 128 Å². The smallest absolute Gasteiger partial charge is 0.326 e. The summed E-state index contributed by atoms with van der Waals surface area (Å²) in [6.45, 7) is 0. The minimum absolute atomic E-state index is 0.141. The number of hydrogen-bond donors (Lipinski definition) is 3. The van der Waals surface area contributed by atoms with Crippen molar-refractivity contribution in [2.75, 3.05) is 14.2 Å². The van der Waals surface area contributed by atoms with Gasteiger partial charge in [-0.05, 0) is 12.1 Å². The lowest BCUT2D eigenvalue weighted by Gasteiger charge is -2.14. The monoisotopic (exact) mass is 296 g/mol. The van der Waals surface area contributed by atoms with Crippen molar-refractivity contribution in [2.45, 2.75) is 12.5 Å². The fourth-order valence-electron chi connectivity index (χ4n) is 1.58. The zero-order chi connectivity index (χ0) is 16.0. The second-order valence-electron chi connectivity index (χ2n) is 4.14. The minimum atomic E-state index is -1.40. The lowest BCUT2D eigenvalue weighted by atomic mass is 10.1. The highest BCUT2D eigenvalue weighted by Gasteiger charge is 2.23.